The monoisotopic (exact) mass is 909 g/mol. The molecule has 3 nitrogen and oxygen atoms in total. The van der Waals surface area contributed by atoms with E-state index >= 15 is 0 Å². The van der Waals surface area contributed by atoms with Crippen molar-refractivity contribution in [2.75, 3.05) is 4.90 Å². The number of anilines is 3. The summed E-state index contributed by atoms with van der Waals surface area (Å²) in [5.41, 5.74) is 17.2. The van der Waals surface area contributed by atoms with Gasteiger partial charge in [0.2, 0.25) is 0 Å². The van der Waals surface area contributed by atoms with Gasteiger partial charge in [0.1, 0.15) is 0 Å². The summed E-state index contributed by atoms with van der Waals surface area (Å²) in [5, 5.41) is 7.54. The summed E-state index contributed by atoms with van der Waals surface area (Å²) >= 11 is 1.87. The minimum Gasteiger partial charge on any atom is -0.310 e. The largest absolute Gasteiger partial charge is 0.310 e. The number of fused-ring (bicyclic) bond motifs is 9. The SMILES string of the molecule is c1ccc(-c2cccc(-c3ccc(N(c4ccc(-c5cccc6c5sc5ccccc56)cc4)c4cc(-n5c6ccccc6c6ccccc65)cc(-n5c6ccccc6c6ccccc65)c4)cc3)c2)cc1. The van der Waals surface area contributed by atoms with Crippen LogP contribution in [0.4, 0.5) is 17.1 Å². The van der Waals surface area contributed by atoms with E-state index < -0.39 is 0 Å². The zero-order valence-corrected chi connectivity index (χ0v) is 38.9. The van der Waals surface area contributed by atoms with Crippen LogP contribution in [0, 0.1) is 0 Å². The molecule has 14 rings (SSSR count). The van der Waals surface area contributed by atoms with Crippen LogP contribution in [0.1, 0.15) is 0 Å². The smallest absolute Gasteiger partial charge is 0.0541 e. The van der Waals surface area contributed by atoms with E-state index in [1.165, 1.54) is 97.2 Å². The molecule has 0 unspecified atom stereocenters. The van der Waals surface area contributed by atoms with E-state index in [0.717, 1.165) is 28.4 Å². The van der Waals surface area contributed by atoms with Gasteiger partial charge in [-0.05, 0) is 112 Å². The predicted molar refractivity (Wildman–Crippen MR) is 299 cm³/mol. The zero-order chi connectivity index (χ0) is 46.1. The van der Waals surface area contributed by atoms with Crippen molar-refractivity contribution in [2.45, 2.75) is 0 Å². The minimum absolute atomic E-state index is 1.05. The van der Waals surface area contributed by atoms with E-state index in [-0.39, 0.29) is 0 Å². The van der Waals surface area contributed by atoms with Crippen molar-refractivity contribution in [3.05, 3.63) is 261 Å². The zero-order valence-electron chi connectivity index (χ0n) is 38.1. The number of hydrogen-bond acceptors (Lipinski definition) is 2. The maximum Gasteiger partial charge on any atom is 0.0541 e. The van der Waals surface area contributed by atoms with Gasteiger partial charge in [-0.15, -0.1) is 11.3 Å². The summed E-state index contributed by atoms with van der Waals surface area (Å²) in [7, 11) is 0. The Hall–Kier alpha value is -8.96. The minimum atomic E-state index is 1.05. The van der Waals surface area contributed by atoms with Crippen molar-refractivity contribution in [2.24, 2.45) is 0 Å². The van der Waals surface area contributed by atoms with Crippen molar-refractivity contribution >= 4 is 92.2 Å². The first-order chi connectivity index (χ1) is 34.7. The molecule has 0 N–H and O–H groups in total. The van der Waals surface area contributed by atoms with Crippen LogP contribution < -0.4 is 4.90 Å². The van der Waals surface area contributed by atoms with E-state index in [1.807, 2.05) is 11.3 Å². The van der Waals surface area contributed by atoms with Gasteiger partial charge in [0.25, 0.3) is 0 Å². The van der Waals surface area contributed by atoms with Crippen LogP contribution in [0.5, 0.6) is 0 Å². The molecule has 3 heterocycles. The fourth-order valence-corrected chi connectivity index (χ4v) is 12.1. The summed E-state index contributed by atoms with van der Waals surface area (Å²) in [4.78, 5) is 2.43. The summed E-state index contributed by atoms with van der Waals surface area (Å²) in [5.74, 6) is 0. The van der Waals surface area contributed by atoms with Gasteiger partial charge in [-0.2, -0.15) is 0 Å². The lowest BCUT2D eigenvalue weighted by Gasteiger charge is -2.28. The maximum absolute atomic E-state index is 2.45. The standard InChI is InChI=1S/C66H43N3S/c1-2-16-44(17-3-1)47-18-14-19-48(40-47)45-32-36-49(37-33-45)67(50-38-34-46(35-39-50)54-25-15-26-60-59-24-8-13-31-65(59)70-66(54)60)51-41-52(68-61-27-9-4-20-55(61)56-21-5-10-28-62(56)68)43-53(42-51)69-63-29-11-6-22-57(63)58-23-7-12-30-64(58)69/h1-43H. The van der Waals surface area contributed by atoms with E-state index in [4.69, 9.17) is 0 Å². The molecule has 0 amide bonds. The van der Waals surface area contributed by atoms with Crippen molar-refractivity contribution < 1.29 is 0 Å². The topological polar surface area (TPSA) is 13.1 Å². The van der Waals surface area contributed by atoms with Crippen LogP contribution in [-0.4, -0.2) is 9.13 Å². The Morgan fingerprint density at radius 1 is 0.271 bits per heavy atom. The van der Waals surface area contributed by atoms with Gasteiger partial charge in [0.05, 0.1) is 39.1 Å². The molecule has 3 aromatic heterocycles. The summed E-state index contributed by atoms with van der Waals surface area (Å²) in [6.07, 6.45) is 0. The van der Waals surface area contributed by atoms with Gasteiger partial charge >= 0.3 is 0 Å². The summed E-state index contributed by atoms with van der Waals surface area (Å²) < 4.78 is 7.52. The molecule has 14 aromatic rings. The quantitative estimate of drug-likeness (QED) is 0.148. The molecule has 0 saturated heterocycles. The van der Waals surface area contributed by atoms with E-state index in [9.17, 15) is 0 Å². The van der Waals surface area contributed by atoms with Gasteiger partial charge in [-0.1, -0.05) is 182 Å². The number of benzene rings is 11. The molecule has 0 saturated carbocycles. The third kappa shape index (κ3) is 6.57. The first kappa shape index (κ1) is 40.1. The molecule has 0 radical (unpaired) electrons. The Morgan fingerprint density at radius 3 is 1.23 bits per heavy atom. The van der Waals surface area contributed by atoms with Crippen LogP contribution >= 0.6 is 11.3 Å². The molecule has 4 heteroatoms. The lowest BCUT2D eigenvalue weighted by molar-refractivity contribution is 1.12. The average molecular weight is 910 g/mol. The Bertz CT molecular complexity index is 4050. The van der Waals surface area contributed by atoms with Crippen LogP contribution in [0.2, 0.25) is 0 Å². The van der Waals surface area contributed by atoms with Gasteiger partial charge in [-0.3, -0.25) is 0 Å². The van der Waals surface area contributed by atoms with Crippen molar-refractivity contribution in [1.29, 1.82) is 0 Å². The fourth-order valence-electron chi connectivity index (χ4n) is 10.9. The highest BCUT2D eigenvalue weighted by Gasteiger charge is 2.21. The fraction of sp³-hybridized carbons (Fsp3) is 0. The Morgan fingerprint density at radius 2 is 0.686 bits per heavy atom. The molecule has 0 bridgehead atoms. The van der Waals surface area contributed by atoms with Gasteiger partial charge < -0.3 is 14.0 Å². The predicted octanol–water partition coefficient (Wildman–Crippen LogP) is 18.7. The number of aromatic nitrogens is 2. The highest BCUT2D eigenvalue weighted by atomic mass is 32.1. The van der Waals surface area contributed by atoms with Crippen molar-refractivity contribution in [3.63, 3.8) is 0 Å². The highest BCUT2D eigenvalue weighted by molar-refractivity contribution is 7.26. The molecular formula is C66H43N3S. The maximum atomic E-state index is 2.45. The molecule has 328 valence electrons. The summed E-state index contributed by atoms with van der Waals surface area (Å²) in [6, 6.07) is 95.6. The molecule has 0 aliphatic carbocycles. The van der Waals surface area contributed by atoms with Crippen LogP contribution in [0.25, 0.3) is 109 Å². The first-order valence-corrected chi connectivity index (χ1v) is 24.7. The second-order valence-electron chi connectivity index (χ2n) is 18.1. The summed E-state index contributed by atoms with van der Waals surface area (Å²) in [6.45, 7) is 0. The van der Waals surface area contributed by atoms with Gasteiger partial charge in [0.15, 0.2) is 0 Å². The third-order valence-corrected chi connectivity index (χ3v) is 15.3. The molecule has 0 spiro atoms. The molecule has 0 aliphatic rings. The molecule has 70 heavy (non-hydrogen) atoms. The average Bonchev–Trinajstić information content (AvgIpc) is 4.10. The van der Waals surface area contributed by atoms with Crippen LogP contribution in [0.15, 0.2) is 261 Å². The van der Waals surface area contributed by atoms with Crippen LogP contribution in [-0.2, 0) is 0 Å². The van der Waals surface area contributed by atoms with Crippen molar-refractivity contribution in [3.8, 4) is 44.8 Å². The van der Waals surface area contributed by atoms with Gasteiger partial charge in [0, 0.05) is 53.1 Å². The van der Waals surface area contributed by atoms with Crippen molar-refractivity contribution in [1.82, 2.24) is 9.13 Å². The Labute approximate surface area is 409 Å². The number of rotatable bonds is 8. The van der Waals surface area contributed by atoms with E-state index in [1.54, 1.807) is 0 Å². The normalized spacial score (nSPS) is 11.7. The second kappa shape index (κ2) is 16.4. The Kier molecular flexibility index (Phi) is 9.39. The molecule has 0 atom stereocenters. The highest BCUT2D eigenvalue weighted by Crippen LogP contribution is 2.44. The molecule has 11 aromatic carbocycles. The lowest BCUT2D eigenvalue weighted by Crippen LogP contribution is -2.12. The number of para-hydroxylation sites is 4. The van der Waals surface area contributed by atoms with E-state index in [2.05, 4.69) is 275 Å². The lowest BCUT2D eigenvalue weighted by atomic mass is 9.99. The molecular weight excluding hydrogens is 867 g/mol. The second-order valence-corrected chi connectivity index (χ2v) is 19.2. The third-order valence-electron chi connectivity index (χ3n) is 14.1. The molecule has 0 aliphatic heterocycles. The van der Waals surface area contributed by atoms with Crippen LogP contribution in [0.3, 0.4) is 0 Å². The molecule has 0 fully saturated rings. The van der Waals surface area contributed by atoms with E-state index in [0.29, 0.717) is 0 Å². The first-order valence-electron chi connectivity index (χ1n) is 23.9. The number of hydrogen-bond donors (Lipinski definition) is 0. The number of thiophene rings is 1. The number of nitrogens with zero attached hydrogens (tertiary/aromatic N) is 3. The Balaban J connectivity index is 0.995. The van der Waals surface area contributed by atoms with Gasteiger partial charge in [-0.25, -0.2) is 0 Å².